The zero-order valence-corrected chi connectivity index (χ0v) is 21.4. The highest BCUT2D eigenvalue weighted by Gasteiger charge is 2.26. The van der Waals surface area contributed by atoms with E-state index in [0.29, 0.717) is 12.0 Å². The average molecular weight is 475 g/mol. The third kappa shape index (κ3) is 5.01. The molecule has 4 heterocycles. The third-order valence-corrected chi connectivity index (χ3v) is 7.47. The van der Waals surface area contributed by atoms with Crippen LogP contribution in [-0.2, 0) is 0 Å². The molecule has 186 valence electrons. The number of hydrogen-bond acceptors (Lipinski definition) is 4. The number of amides is 2. The Kier molecular flexibility index (Phi) is 6.69. The highest BCUT2D eigenvalue weighted by molar-refractivity contribution is 5.80. The van der Waals surface area contributed by atoms with Gasteiger partial charge < -0.3 is 20.0 Å². The number of likely N-dealkylation sites (tertiary alicyclic amines) is 1. The molecule has 2 fully saturated rings. The van der Waals surface area contributed by atoms with Gasteiger partial charge in [0.25, 0.3) is 0 Å². The first-order valence-corrected chi connectivity index (χ1v) is 13.0. The Labute approximate surface area is 208 Å². The zero-order chi connectivity index (χ0) is 24.5. The second-order valence-electron chi connectivity index (χ2n) is 10.5. The van der Waals surface area contributed by atoms with Gasteiger partial charge in [0.2, 0.25) is 0 Å². The molecule has 2 aliphatic rings. The van der Waals surface area contributed by atoms with Crippen LogP contribution in [0.3, 0.4) is 0 Å². The summed E-state index contributed by atoms with van der Waals surface area (Å²) < 4.78 is 1.98. The largest absolute Gasteiger partial charge is 0.366 e. The molecule has 2 aliphatic heterocycles. The van der Waals surface area contributed by atoms with Gasteiger partial charge in [0.05, 0.1) is 11.2 Å². The second-order valence-corrected chi connectivity index (χ2v) is 10.5. The number of anilines is 1. The van der Waals surface area contributed by atoms with Gasteiger partial charge >= 0.3 is 6.03 Å². The van der Waals surface area contributed by atoms with Crippen LogP contribution in [0, 0.1) is 0 Å². The van der Waals surface area contributed by atoms with Crippen molar-refractivity contribution in [1.29, 1.82) is 0 Å². The van der Waals surface area contributed by atoms with Crippen molar-refractivity contribution in [2.75, 3.05) is 44.2 Å². The standard InChI is InChI=1S/C28H38N6O/c1-20(2)30-28(35)32-15-13-31(14-16-32)26-9-11-29-34-19-25(17-27(26)34)23-7-5-22(6-8-23)24-10-12-33(18-24)21(3)4/h5-9,11,17,19-21,24H,10,12-16,18H2,1-4H3,(H,30,35). The minimum atomic E-state index is 0.0301. The Balaban J connectivity index is 1.30. The molecular weight excluding hydrogens is 436 g/mol. The molecule has 1 unspecified atom stereocenters. The SMILES string of the molecule is CC(C)NC(=O)N1CCN(c2ccnn3cc(-c4ccc(C5CCN(C(C)C)C5)cc4)cc23)CC1. The molecule has 3 aromatic rings. The number of nitrogens with zero attached hydrogens (tertiary/aromatic N) is 5. The molecule has 0 saturated carbocycles. The fourth-order valence-electron chi connectivity index (χ4n) is 5.39. The molecule has 5 rings (SSSR count). The van der Waals surface area contributed by atoms with Crippen molar-refractivity contribution in [1.82, 2.24) is 24.7 Å². The van der Waals surface area contributed by atoms with Gasteiger partial charge in [-0.2, -0.15) is 5.10 Å². The van der Waals surface area contributed by atoms with E-state index in [1.165, 1.54) is 35.3 Å². The number of urea groups is 1. The Morgan fingerprint density at radius 3 is 2.37 bits per heavy atom. The minimum Gasteiger partial charge on any atom is -0.366 e. The number of piperazine rings is 1. The van der Waals surface area contributed by atoms with Gasteiger partial charge in [0.15, 0.2) is 0 Å². The minimum absolute atomic E-state index is 0.0301. The first-order valence-electron chi connectivity index (χ1n) is 13.0. The van der Waals surface area contributed by atoms with Crippen molar-refractivity contribution < 1.29 is 4.79 Å². The molecule has 0 spiro atoms. The monoisotopic (exact) mass is 474 g/mol. The Bertz CT molecular complexity index is 1160. The van der Waals surface area contributed by atoms with Crippen molar-refractivity contribution in [3.8, 4) is 11.1 Å². The summed E-state index contributed by atoms with van der Waals surface area (Å²) in [4.78, 5) is 19.2. The highest BCUT2D eigenvalue weighted by atomic mass is 16.2. The zero-order valence-electron chi connectivity index (χ0n) is 21.4. The maximum Gasteiger partial charge on any atom is 0.317 e. The van der Waals surface area contributed by atoms with Crippen LogP contribution in [0.25, 0.3) is 16.6 Å². The Morgan fingerprint density at radius 1 is 0.971 bits per heavy atom. The van der Waals surface area contributed by atoms with Crippen molar-refractivity contribution >= 4 is 17.2 Å². The normalized spacial score (nSPS) is 19.3. The molecule has 7 heteroatoms. The average Bonchev–Trinajstić information content (AvgIpc) is 3.52. The maximum absolute atomic E-state index is 12.4. The number of benzene rings is 1. The van der Waals surface area contributed by atoms with E-state index in [0.717, 1.165) is 38.2 Å². The van der Waals surface area contributed by atoms with Crippen LogP contribution in [0.1, 0.15) is 45.6 Å². The number of hydrogen-bond donors (Lipinski definition) is 1. The van der Waals surface area contributed by atoms with E-state index >= 15 is 0 Å². The van der Waals surface area contributed by atoms with Gasteiger partial charge in [-0.1, -0.05) is 24.3 Å². The lowest BCUT2D eigenvalue weighted by atomic mass is 9.96. The smallest absolute Gasteiger partial charge is 0.317 e. The molecule has 0 bridgehead atoms. The van der Waals surface area contributed by atoms with Crippen LogP contribution in [0.2, 0.25) is 0 Å². The van der Waals surface area contributed by atoms with Crippen molar-refractivity contribution in [2.45, 2.75) is 52.1 Å². The number of aromatic nitrogens is 2. The van der Waals surface area contributed by atoms with Crippen LogP contribution < -0.4 is 10.2 Å². The van der Waals surface area contributed by atoms with E-state index in [1.54, 1.807) is 0 Å². The van der Waals surface area contributed by atoms with Gasteiger partial charge in [-0.3, -0.25) is 0 Å². The first kappa shape index (κ1) is 23.7. The molecule has 2 saturated heterocycles. The van der Waals surface area contributed by atoms with Gasteiger partial charge in [0.1, 0.15) is 0 Å². The second kappa shape index (κ2) is 9.90. The van der Waals surface area contributed by atoms with Gasteiger partial charge in [0, 0.05) is 62.8 Å². The van der Waals surface area contributed by atoms with Crippen LogP contribution in [0.4, 0.5) is 10.5 Å². The molecule has 7 nitrogen and oxygen atoms in total. The van der Waals surface area contributed by atoms with E-state index in [2.05, 4.69) is 76.7 Å². The first-order chi connectivity index (χ1) is 16.9. The molecule has 2 amide bonds. The number of carbonyl (C=O) groups is 1. The topological polar surface area (TPSA) is 56.1 Å². The van der Waals surface area contributed by atoms with Crippen LogP contribution in [0.15, 0.2) is 48.8 Å². The fraction of sp³-hybridized carbons (Fsp3) is 0.500. The molecule has 0 aliphatic carbocycles. The fourth-order valence-corrected chi connectivity index (χ4v) is 5.39. The number of nitrogens with one attached hydrogen (secondary N) is 1. The molecule has 1 atom stereocenters. The molecule has 2 aromatic heterocycles. The van der Waals surface area contributed by atoms with Gasteiger partial charge in [-0.15, -0.1) is 0 Å². The number of carbonyl (C=O) groups excluding carboxylic acids is 1. The van der Waals surface area contributed by atoms with Crippen LogP contribution in [0.5, 0.6) is 0 Å². The predicted octanol–water partition coefficient (Wildman–Crippen LogP) is 4.44. The predicted molar refractivity (Wildman–Crippen MR) is 142 cm³/mol. The maximum atomic E-state index is 12.4. The molecule has 1 aromatic carbocycles. The van der Waals surface area contributed by atoms with Crippen molar-refractivity contribution in [3.05, 3.63) is 54.4 Å². The quantitative estimate of drug-likeness (QED) is 0.594. The lowest BCUT2D eigenvalue weighted by Gasteiger charge is -2.36. The van der Waals surface area contributed by atoms with Gasteiger partial charge in [-0.25, -0.2) is 9.31 Å². The summed E-state index contributed by atoms with van der Waals surface area (Å²) in [5.74, 6) is 0.633. The van der Waals surface area contributed by atoms with E-state index in [4.69, 9.17) is 0 Å². The summed E-state index contributed by atoms with van der Waals surface area (Å²) in [6, 6.07) is 14.3. The van der Waals surface area contributed by atoms with Crippen molar-refractivity contribution in [2.24, 2.45) is 0 Å². The van der Waals surface area contributed by atoms with E-state index < -0.39 is 0 Å². The number of fused-ring (bicyclic) bond motifs is 1. The summed E-state index contributed by atoms with van der Waals surface area (Å²) in [5, 5.41) is 7.57. The van der Waals surface area contributed by atoms with Crippen molar-refractivity contribution in [3.63, 3.8) is 0 Å². The third-order valence-electron chi connectivity index (χ3n) is 7.47. The Hall–Kier alpha value is -3.06. The summed E-state index contributed by atoms with van der Waals surface area (Å²) in [5.41, 5.74) is 6.13. The molecule has 0 radical (unpaired) electrons. The van der Waals surface area contributed by atoms with Crippen LogP contribution in [-0.4, -0.2) is 76.8 Å². The molecule has 1 N–H and O–H groups in total. The highest BCUT2D eigenvalue weighted by Crippen LogP contribution is 2.32. The summed E-state index contributed by atoms with van der Waals surface area (Å²) in [6.45, 7) is 14.0. The van der Waals surface area contributed by atoms with E-state index in [-0.39, 0.29) is 12.1 Å². The molecular formula is C28H38N6O. The summed E-state index contributed by atoms with van der Waals surface area (Å²) in [7, 11) is 0. The Morgan fingerprint density at radius 2 is 1.71 bits per heavy atom. The van der Waals surface area contributed by atoms with Gasteiger partial charge in [-0.05, 0) is 69.8 Å². The van der Waals surface area contributed by atoms with E-state index in [9.17, 15) is 4.79 Å². The summed E-state index contributed by atoms with van der Waals surface area (Å²) >= 11 is 0. The lowest BCUT2D eigenvalue weighted by molar-refractivity contribution is 0.192. The van der Waals surface area contributed by atoms with Crippen LogP contribution >= 0.6 is 0 Å². The van der Waals surface area contributed by atoms with E-state index in [1.807, 2.05) is 29.5 Å². The molecule has 35 heavy (non-hydrogen) atoms. The number of rotatable bonds is 5. The summed E-state index contributed by atoms with van der Waals surface area (Å²) in [6.07, 6.45) is 5.23. The lowest BCUT2D eigenvalue weighted by Crippen LogP contribution is -2.53.